The van der Waals surface area contributed by atoms with E-state index in [9.17, 15) is 16.8 Å². The molecule has 3 aliphatic heterocycles. The summed E-state index contributed by atoms with van der Waals surface area (Å²) in [6.07, 6.45) is 5.25. The molecule has 1 N–H and O–H groups in total. The monoisotopic (exact) mass is 618 g/mol. The molecule has 0 bridgehead atoms. The molecule has 3 aliphatic rings. The summed E-state index contributed by atoms with van der Waals surface area (Å²) in [5, 5.41) is 3.37. The van der Waals surface area contributed by atoms with E-state index < -0.39 is 20.0 Å². The fourth-order valence-electron chi connectivity index (χ4n) is 6.10. The van der Waals surface area contributed by atoms with Crippen LogP contribution in [-0.4, -0.2) is 110 Å². The fourth-order valence-corrected chi connectivity index (χ4v) is 9.61. The maximum absolute atomic E-state index is 14.3. The number of nitrogens with zero attached hydrogens (tertiary/aromatic N) is 5. The largest absolute Gasteiger partial charge is 0.383 e. The van der Waals surface area contributed by atoms with Crippen LogP contribution >= 0.6 is 0 Å². The molecule has 10 nitrogen and oxygen atoms in total. The second kappa shape index (κ2) is 13.5. The van der Waals surface area contributed by atoms with Gasteiger partial charge in [-0.25, -0.2) is 16.8 Å². The molecule has 0 unspecified atom stereocenters. The molecule has 0 amide bonds. The Bertz CT molecular complexity index is 1400. The number of hydrogen-bond acceptors (Lipinski definition) is 8. The average molecular weight is 619 g/mol. The van der Waals surface area contributed by atoms with Gasteiger partial charge < -0.3 is 20.0 Å². The van der Waals surface area contributed by atoms with Gasteiger partial charge in [0.25, 0.3) is 0 Å². The third-order valence-electron chi connectivity index (χ3n) is 8.54. The van der Waals surface area contributed by atoms with Gasteiger partial charge in [-0.2, -0.15) is 8.61 Å². The van der Waals surface area contributed by atoms with Gasteiger partial charge in [0.2, 0.25) is 20.0 Å². The molecule has 232 valence electrons. The molecule has 3 heterocycles. The molecular formula is C30H46N6O4S2. The lowest BCUT2D eigenvalue weighted by molar-refractivity contribution is 0.345. The number of piperidine rings is 2. The first-order valence-corrected chi connectivity index (χ1v) is 18.2. The van der Waals surface area contributed by atoms with E-state index in [-0.39, 0.29) is 9.79 Å². The van der Waals surface area contributed by atoms with E-state index in [1.807, 2.05) is 37.2 Å². The number of hydrogen-bond donors (Lipinski definition) is 1. The first-order valence-electron chi connectivity index (χ1n) is 15.3. The zero-order valence-electron chi connectivity index (χ0n) is 25.0. The lowest BCUT2D eigenvalue weighted by Gasteiger charge is -2.39. The number of piperazine rings is 1. The summed E-state index contributed by atoms with van der Waals surface area (Å²) in [6, 6.07) is 13.5. The van der Waals surface area contributed by atoms with Crippen molar-refractivity contribution in [3.8, 4) is 0 Å². The normalized spacial score (nSPS) is 19.8. The van der Waals surface area contributed by atoms with E-state index in [4.69, 9.17) is 0 Å². The second-order valence-corrected chi connectivity index (χ2v) is 15.6. The van der Waals surface area contributed by atoms with Gasteiger partial charge in [-0.15, -0.1) is 0 Å². The van der Waals surface area contributed by atoms with Crippen LogP contribution in [-0.2, 0) is 20.0 Å². The number of rotatable bonds is 10. The summed E-state index contributed by atoms with van der Waals surface area (Å²) >= 11 is 0. The lowest BCUT2D eigenvalue weighted by Crippen LogP contribution is -2.47. The van der Waals surface area contributed by atoms with Gasteiger partial charge in [0.1, 0.15) is 9.79 Å². The number of sulfonamides is 2. The van der Waals surface area contributed by atoms with E-state index in [0.717, 1.165) is 57.3 Å². The van der Waals surface area contributed by atoms with Crippen LogP contribution < -0.4 is 15.1 Å². The molecule has 0 atom stereocenters. The molecule has 0 aliphatic carbocycles. The molecular weight excluding hydrogens is 573 g/mol. The van der Waals surface area contributed by atoms with Crippen LogP contribution in [0.15, 0.2) is 52.3 Å². The maximum Gasteiger partial charge on any atom is 0.245 e. The molecule has 2 aromatic carbocycles. The number of para-hydroxylation sites is 1. The molecule has 0 aromatic heterocycles. The van der Waals surface area contributed by atoms with Crippen LogP contribution in [0.25, 0.3) is 0 Å². The number of anilines is 3. The molecule has 2 aromatic rings. The lowest BCUT2D eigenvalue weighted by atomic mass is 10.2. The fraction of sp³-hybridized carbons (Fsp3) is 0.600. The van der Waals surface area contributed by atoms with Crippen LogP contribution in [0.1, 0.15) is 38.5 Å². The highest BCUT2D eigenvalue weighted by Gasteiger charge is 2.36. The third kappa shape index (κ3) is 6.88. The highest BCUT2D eigenvalue weighted by atomic mass is 32.2. The van der Waals surface area contributed by atoms with Crippen molar-refractivity contribution in [2.75, 3.05) is 94.7 Å². The first-order chi connectivity index (χ1) is 20.2. The van der Waals surface area contributed by atoms with Crippen molar-refractivity contribution in [2.45, 2.75) is 48.3 Å². The molecule has 0 radical (unpaired) electrons. The summed E-state index contributed by atoms with van der Waals surface area (Å²) in [5.41, 5.74) is 2.20. The summed E-state index contributed by atoms with van der Waals surface area (Å²) < 4.78 is 59.8. The predicted molar refractivity (Wildman–Crippen MR) is 170 cm³/mol. The number of benzene rings is 2. The van der Waals surface area contributed by atoms with Gasteiger partial charge in [0.15, 0.2) is 0 Å². The Balaban J connectivity index is 1.57. The minimum Gasteiger partial charge on any atom is -0.383 e. The van der Waals surface area contributed by atoms with Crippen LogP contribution in [0, 0.1) is 0 Å². The van der Waals surface area contributed by atoms with E-state index in [1.54, 1.807) is 10.4 Å². The number of likely N-dealkylation sites (N-methyl/N-ethyl adjacent to an activating group) is 1. The number of nitrogens with one attached hydrogen (secondary N) is 1. The van der Waals surface area contributed by atoms with Crippen molar-refractivity contribution in [2.24, 2.45) is 0 Å². The first kappa shape index (κ1) is 31.1. The van der Waals surface area contributed by atoms with Crippen molar-refractivity contribution in [3.05, 3.63) is 42.5 Å². The molecule has 0 saturated carbocycles. The Kier molecular flexibility index (Phi) is 9.99. The predicted octanol–water partition coefficient (Wildman–Crippen LogP) is 3.34. The van der Waals surface area contributed by atoms with Crippen LogP contribution in [0.4, 0.5) is 17.1 Å². The van der Waals surface area contributed by atoms with Crippen LogP contribution in [0.3, 0.4) is 0 Å². The van der Waals surface area contributed by atoms with Crippen molar-refractivity contribution in [1.29, 1.82) is 0 Å². The Morgan fingerprint density at radius 3 is 1.74 bits per heavy atom. The summed E-state index contributed by atoms with van der Waals surface area (Å²) in [6.45, 7) is 5.82. The van der Waals surface area contributed by atoms with Crippen molar-refractivity contribution in [3.63, 3.8) is 0 Å². The van der Waals surface area contributed by atoms with E-state index >= 15 is 0 Å². The Morgan fingerprint density at radius 1 is 0.667 bits per heavy atom. The second-order valence-electron chi connectivity index (χ2n) is 11.8. The zero-order chi connectivity index (χ0) is 29.7. The van der Waals surface area contributed by atoms with Gasteiger partial charge in [0, 0.05) is 71.1 Å². The molecule has 5 rings (SSSR count). The SMILES string of the molecule is CN(C)CCNc1cc(N2CCN(c3ccccc3)CC2)c(S(=O)(=O)N2CCCCC2)cc1S(=O)(=O)N1CCCCC1. The van der Waals surface area contributed by atoms with Crippen LogP contribution in [0.5, 0.6) is 0 Å². The van der Waals surface area contributed by atoms with Gasteiger partial charge in [0.05, 0.1) is 11.4 Å². The van der Waals surface area contributed by atoms with Crippen molar-refractivity contribution >= 4 is 37.1 Å². The molecule has 3 fully saturated rings. The van der Waals surface area contributed by atoms with Gasteiger partial charge in [-0.1, -0.05) is 31.0 Å². The highest BCUT2D eigenvalue weighted by Crippen LogP contribution is 2.38. The molecule has 0 spiro atoms. The maximum atomic E-state index is 14.3. The summed E-state index contributed by atoms with van der Waals surface area (Å²) in [7, 11) is -3.87. The quantitative estimate of drug-likeness (QED) is 0.433. The standard InChI is InChI=1S/C30H46N6O4S2/c1-32(2)19-14-31-27-24-28(34-22-20-33(21-23-34)26-12-6-3-7-13-26)30(42(39,40)36-17-10-5-11-18-36)25-29(27)41(37,38)35-15-8-4-9-16-35/h3,6-7,12-13,24-25,31H,4-5,8-11,14-23H2,1-2H3. The van der Waals surface area contributed by atoms with Gasteiger partial charge in [-0.3, -0.25) is 0 Å². The van der Waals surface area contributed by atoms with E-state index in [1.165, 1.54) is 10.4 Å². The Labute approximate surface area is 252 Å². The summed E-state index contributed by atoms with van der Waals surface area (Å²) in [4.78, 5) is 6.62. The smallest absolute Gasteiger partial charge is 0.245 e. The zero-order valence-corrected chi connectivity index (χ0v) is 26.7. The van der Waals surface area contributed by atoms with Gasteiger partial charge in [-0.05, 0) is 64.0 Å². The van der Waals surface area contributed by atoms with Crippen molar-refractivity contribution in [1.82, 2.24) is 13.5 Å². The minimum atomic E-state index is -3.91. The Hall–Kier alpha value is -2.38. The third-order valence-corrected chi connectivity index (χ3v) is 12.4. The van der Waals surface area contributed by atoms with E-state index in [0.29, 0.717) is 63.7 Å². The van der Waals surface area contributed by atoms with E-state index in [2.05, 4.69) is 27.2 Å². The molecule has 12 heteroatoms. The van der Waals surface area contributed by atoms with Crippen molar-refractivity contribution < 1.29 is 16.8 Å². The molecule has 42 heavy (non-hydrogen) atoms. The van der Waals surface area contributed by atoms with Gasteiger partial charge >= 0.3 is 0 Å². The topological polar surface area (TPSA) is 96.5 Å². The molecule has 3 saturated heterocycles. The average Bonchev–Trinajstić information content (AvgIpc) is 3.02. The highest BCUT2D eigenvalue weighted by molar-refractivity contribution is 7.90. The van der Waals surface area contributed by atoms with Crippen LogP contribution in [0.2, 0.25) is 0 Å². The summed E-state index contributed by atoms with van der Waals surface area (Å²) in [5.74, 6) is 0. The minimum absolute atomic E-state index is 0.0606. The Morgan fingerprint density at radius 2 is 1.19 bits per heavy atom.